The molecule has 2 aromatic rings. The lowest BCUT2D eigenvalue weighted by molar-refractivity contribution is -0.156. The van der Waals surface area contributed by atoms with Crippen LogP contribution in [0, 0.1) is 6.92 Å². The van der Waals surface area contributed by atoms with E-state index in [0.29, 0.717) is 5.56 Å². The molecule has 2 rings (SSSR count). The highest BCUT2D eigenvalue weighted by molar-refractivity contribution is 6.00. The molecule has 0 aliphatic heterocycles. The zero-order valence-corrected chi connectivity index (χ0v) is 13.7. The zero-order chi connectivity index (χ0) is 17.6. The van der Waals surface area contributed by atoms with Crippen molar-refractivity contribution in [1.82, 2.24) is 0 Å². The van der Waals surface area contributed by atoms with Crippen molar-refractivity contribution in [2.24, 2.45) is 0 Å². The van der Waals surface area contributed by atoms with Crippen molar-refractivity contribution in [3.8, 4) is 0 Å². The van der Waals surface area contributed by atoms with Gasteiger partial charge >= 0.3 is 5.97 Å². The van der Waals surface area contributed by atoms with Crippen LogP contribution in [0.15, 0.2) is 60.7 Å². The van der Waals surface area contributed by atoms with E-state index in [1.807, 2.05) is 31.2 Å². The van der Waals surface area contributed by atoms with Gasteiger partial charge in [0.2, 0.25) is 0 Å². The van der Waals surface area contributed by atoms with E-state index in [9.17, 15) is 14.7 Å². The fraction of sp³-hybridized carbons (Fsp3) is 0.200. The molecule has 0 amide bonds. The van der Waals surface area contributed by atoms with E-state index in [4.69, 9.17) is 0 Å². The highest BCUT2D eigenvalue weighted by atomic mass is 16.5. The van der Waals surface area contributed by atoms with Crippen LogP contribution in [0.4, 0.5) is 0 Å². The second-order valence-electron chi connectivity index (χ2n) is 5.63. The van der Waals surface area contributed by atoms with E-state index in [1.165, 1.54) is 13.2 Å². The molecule has 4 heteroatoms. The quantitative estimate of drug-likeness (QED) is 0.655. The summed E-state index contributed by atoms with van der Waals surface area (Å²) in [4.78, 5) is 24.3. The monoisotopic (exact) mass is 324 g/mol. The summed E-state index contributed by atoms with van der Waals surface area (Å²) in [6.07, 6.45) is 2.53. The molecule has 124 valence electrons. The Bertz CT molecular complexity index is 732. The number of esters is 1. The fourth-order valence-electron chi connectivity index (χ4n) is 2.26. The summed E-state index contributed by atoms with van der Waals surface area (Å²) in [7, 11) is 1.18. The molecule has 24 heavy (non-hydrogen) atoms. The van der Waals surface area contributed by atoms with Gasteiger partial charge in [-0.15, -0.1) is 0 Å². The number of rotatable bonds is 6. The minimum Gasteiger partial charge on any atom is -0.467 e. The molecule has 0 spiro atoms. The first-order chi connectivity index (χ1) is 11.4. The maximum absolute atomic E-state index is 12.3. The van der Waals surface area contributed by atoms with Gasteiger partial charge in [0.25, 0.3) is 0 Å². The molecule has 0 aliphatic carbocycles. The Kier molecular flexibility index (Phi) is 5.66. The Morgan fingerprint density at radius 1 is 1.08 bits per heavy atom. The minimum absolute atomic E-state index is 0.336. The Balaban J connectivity index is 2.24. The second kappa shape index (κ2) is 7.70. The summed E-state index contributed by atoms with van der Waals surface area (Å²) in [6.45, 7) is 1.97. The molecule has 0 aliphatic rings. The summed E-state index contributed by atoms with van der Waals surface area (Å²) >= 11 is 0. The molecule has 0 heterocycles. The molecule has 0 bridgehead atoms. The number of Topliss-reactive ketones (excluding diaryl/α,β-unsaturated/α-hetero) is 1. The van der Waals surface area contributed by atoms with Crippen molar-refractivity contribution in [3.05, 3.63) is 77.4 Å². The van der Waals surface area contributed by atoms with Gasteiger partial charge in [-0.25, -0.2) is 4.79 Å². The molecule has 0 radical (unpaired) electrons. The largest absolute Gasteiger partial charge is 0.467 e. The number of benzene rings is 2. The Hall–Kier alpha value is -2.72. The lowest BCUT2D eigenvalue weighted by atomic mass is 9.92. The molecule has 0 aromatic heterocycles. The van der Waals surface area contributed by atoms with E-state index < -0.39 is 11.6 Å². The average molecular weight is 324 g/mol. The summed E-state index contributed by atoms with van der Waals surface area (Å²) in [5.74, 6) is -1.20. The van der Waals surface area contributed by atoms with Crippen molar-refractivity contribution in [3.63, 3.8) is 0 Å². The summed E-state index contributed by atoms with van der Waals surface area (Å²) < 4.78 is 4.67. The fourth-order valence-corrected chi connectivity index (χ4v) is 2.26. The molecular formula is C20H20O4. The van der Waals surface area contributed by atoms with E-state index in [0.717, 1.165) is 11.1 Å². The lowest BCUT2D eigenvalue weighted by Crippen LogP contribution is -2.39. The lowest BCUT2D eigenvalue weighted by Gasteiger charge is -2.21. The van der Waals surface area contributed by atoms with Crippen LogP contribution in [0.25, 0.3) is 6.08 Å². The van der Waals surface area contributed by atoms with Crippen LogP contribution in [0.3, 0.4) is 0 Å². The Morgan fingerprint density at radius 3 is 2.29 bits per heavy atom. The molecule has 0 saturated heterocycles. The number of hydrogen-bond donors (Lipinski definition) is 1. The topological polar surface area (TPSA) is 63.6 Å². The first kappa shape index (κ1) is 17.6. The van der Waals surface area contributed by atoms with Gasteiger partial charge < -0.3 is 9.84 Å². The molecule has 0 unspecified atom stereocenters. The molecular weight excluding hydrogens is 304 g/mol. The molecule has 0 fully saturated rings. The SMILES string of the molecule is COC(=O)[C@](O)(/C=C/c1ccc(C)cc1)CC(=O)c1ccccc1. The van der Waals surface area contributed by atoms with Gasteiger partial charge in [0.15, 0.2) is 11.4 Å². The maximum atomic E-state index is 12.3. The number of aryl methyl sites for hydroxylation is 1. The van der Waals surface area contributed by atoms with Crippen LogP contribution in [0.1, 0.15) is 27.9 Å². The van der Waals surface area contributed by atoms with Crippen molar-refractivity contribution in [2.45, 2.75) is 18.9 Å². The van der Waals surface area contributed by atoms with Gasteiger partial charge in [0.05, 0.1) is 13.5 Å². The molecule has 4 nitrogen and oxygen atoms in total. The number of methoxy groups -OCH3 is 1. The van der Waals surface area contributed by atoms with Crippen LogP contribution in [-0.2, 0) is 9.53 Å². The van der Waals surface area contributed by atoms with Gasteiger partial charge in [-0.2, -0.15) is 0 Å². The number of ether oxygens (including phenoxy) is 1. The smallest absolute Gasteiger partial charge is 0.342 e. The van der Waals surface area contributed by atoms with Gasteiger partial charge in [-0.1, -0.05) is 66.2 Å². The van der Waals surface area contributed by atoms with Crippen LogP contribution < -0.4 is 0 Å². The van der Waals surface area contributed by atoms with Gasteiger partial charge in [-0.05, 0) is 18.6 Å². The molecule has 1 atom stereocenters. The van der Waals surface area contributed by atoms with Crippen LogP contribution in [-0.4, -0.2) is 29.6 Å². The molecule has 2 aromatic carbocycles. The normalized spacial score (nSPS) is 13.5. The standard InChI is InChI=1S/C20H20O4/c1-15-8-10-16(11-9-15)12-13-20(23,19(22)24-2)14-18(21)17-6-4-3-5-7-17/h3-13,23H,14H2,1-2H3/b13-12+/t20-/m0/s1. The third-order valence-corrected chi connectivity index (χ3v) is 3.69. The van der Waals surface area contributed by atoms with Crippen LogP contribution in [0.5, 0.6) is 0 Å². The number of carbonyl (C=O) groups is 2. The number of hydrogen-bond acceptors (Lipinski definition) is 4. The predicted molar refractivity (Wildman–Crippen MR) is 92.6 cm³/mol. The molecule has 0 saturated carbocycles. The summed E-state index contributed by atoms with van der Waals surface area (Å²) in [6, 6.07) is 16.1. The van der Waals surface area contributed by atoms with Crippen LogP contribution >= 0.6 is 0 Å². The Morgan fingerprint density at radius 2 is 1.71 bits per heavy atom. The average Bonchev–Trinajstić information content (AvgIpc) is 2.61. The van der Waals surface area contributed by atoms with Gasteiger partial charge in [0, 0.05) is 5.56 Å². The summed E-state index contributed by atoms with van der Waals surface area (Å²) in [5.41, 5.74) is 0.348. The highest BCUT2D eigenvalue weighted by Crippen LogP contribution is 2.20. The molecule has 1 N–H and O–H groups in total. The number of ketones is 1. The van der Waals surface area contributed by atoms with Gasteiger partial charge in [-0.3, -0.25) is 4.79 Å². The van der Waals surface area contributed by atoms with E-state index in [-0.39, 0.29) is 12.2 Å². The third kappa shape index (κ3) is 4.40. The number of aliphatic hydroxyl groups is 1. The third-order valence-electron chi connectivity index (χ3n) is 3.69. The van der Waals surface area contributed by atoms with Crippen LogP contribution in [0.2, 0.25) is 0 Å². The van der Waals surface area contributed by atoms with Crippen molar-refractivity contribution < 1.29 is 19.4 Å². The zero-order valence-electron chi connectivity index (χ0n) is 13.7. The van der Waals surface area contributed by atoms with E-state index in [1.54, 1.807) is 36.4 Å². The maximum Gasteiger partial charge on any atom is 0.342 e. The Labute approximate surface area is 141 Å². The second-order valence-corrected chi connectivity index (χ2v) is 5.63. The van der Waals surface area contributed by atoms with Crippen molar-refractivity contribution in [1.29, 1.82) is 0 Å². The van der Waals surface area contributed by atoms with Crippen molar-refractivity contribution >= 4 is 17.8 Å². The van der Waals surface area contributed by atoms with E-state index >= 15 is 0 Å². The highest BCUT2D eigenvalue weighted by Gasteiger charge is 2.37. The summed E-state index contributed by atoms with van der Waals surface area (Å²) in [5, 5.41) is 10.6. The first-order valence-corrected chi connectivity index (χ1v) is 7.59. The van der Waals surface area contributed by atoms with Gasteiger partial charge in [0.1, 0.15) is 0 Å². The first-order valence-electron chi connectivity index (χ1n) is 7.59. The number of carbonyl (C=O) groups excluding carboxylic acids is 2. The van der Waals surface area contributed by atoms with E-state index in [2.05, 4.69) is 4.74 Å². The minimum atomic E-state index is -2.01. The predicted octanol–water partition coefficient (Wildman–Crippen LogP) is 3.19. The van der Waals surface area contributed by atoms with Crippen molar-refractivity contribution in [2.75, 3.05) is 7.11 Å².